The van der Waals surface area contributed by atoms with Crippen LogP contribution >= 0.6 is 0 Å². The molecule has 15 heavy (non-hydrogen) atoms. The molecule has 0 bridgehead atoms. The van der Waals surface area contributed by atoms with E-state index in [4.69, 9.17) is 15.7 Å². The third-order valence-corrected chi connectivity index (χ3v) is 2.31. The highest BCUT2D eigenvalue weighted by atomic mass is 16.5. The minimum Gasteiger partial charge on any atom is -0.462 e. The summed E-state index contributed by atoms with van der Waals surface area (Å²) >= 11 is 0. The topological polar surface area (TPSA) is 76.1 Å². The van der Waals surface area contributed by atoms with Crippen LogP contribution in [-0.2, 0) is 9.53 Å². The highest BCUT2D eigenvalue weighted by molar-refractivity contribution is 5.93. The Bertz CT molecular complexity index is 285. The first-order chi connectivity index (χ1) is 7.12. The molecule has 2 N–H and O–H groups in total. The molecule has 0 radical (unpaired) electrons. The van der Waals surface area contributed by atoms with Gasteiger partial charge >= 0.3 is 5.97 Å². The lowest BCUT2D eigenvalue weighted by Crippen LogP contribution is -2.18. The van der Waals surface area contributed by atoms with Crippen molar-refractivity contribution in [3.8, 4) is 6.07 Å². The van der Waals surface area contributed by atoms with Crippen molar-refractivity contribution in [3.63, 3.8) is 0 Å². The van der Waals surface area contributed by atoms with Crippen LogP contribution in [0.15, 0.2) is 11.3 Å². The Kier molecular flexibility index (Phi) is 6.19. The number of nitrogens with two attached hydrogens (primary N) is 1. The van der Waals surface area contributed by atoms with Crippen LogP contribution in [0.1, 0.15) is 33.6 Å². The molecule has 0 heterocycles. The number of ether oxygens (including phenoxy) is 1. The Morgan fingerprint density at radius 3 is 2.27 bits per heavy atom. The van der Waals surface area contributed by atoms with Gasteiger partial charge in [-0.2, -0.15) is 5.26 Å². The zero-order valence-electron chi connectivity index (χ0n) is 9.54. The van der Waals surface area contributed by atoms with Crippen LogP contribution in [0.3, 0.4) is 0 Å². The fourth-order valence-electron chi connectivity index (χ4n) is 1.36. The van der Waals surface area contributed by atoms with Crippen LogP contribution in [0.25, 0.3) is 0 Å². The van der Waals surface area contributed by atoms with Crippen molar-refractivity contribution in [2.75, 3.05) is 6.61 Å². The number of nitrogens with zero attached hydrogens (tertiary/aromatic N) is 1. The second-order valence-electron chi connectivity index (χ2n) is 3.18. The molecular weight excluding hydrogens is 192 g/mol. The molecule has 0 rings (SSSR count). The molecule has 4 nitrogen and oxygen atoms in total. The van der Waals surface area contributed by atoms with Crippen molar-refractivity contribution in [2.45, 2.75) is 33.6 Å². The summed E-state index contributed by atoms with van der Waals surface area (Å²) in [5.74, 6) is -0.548. The lowest BCUT2D eigenvalue weighted by molar-refractivity contribution is -0.138. The number of rotatable bonds is 5. The molecule has 0 fully saturated rings. The van der Waals surface area contributed by atoms with Crippen LogP contribution < -0.4 is 5.73 Å². The maximum atomic E-state index is 11.4. The van der Waals surface area contributed by atoms with Crippen LogP contribution in [0.5, 0.6) is 0 Å². The average Bonchev–Trinajstić information content (AvgIpc) is 2.21. The van der Waals surface area contributed by atoms with E-state index < -0.39 is 5.97 Å². The summed E-state index contributed by atoms with van der Waals surface area (Å²) in [4.78, 5) is 11.4. The number of hydrogen-bond acceptors (Lipinski definition) is 4. The van der Waals surface area contributed by atoms with Crippen LogP contribution in [0.2, 0.25) is 0 Å². The molecule has 0 unspecified atom stereocenters. The average molecular weight is 210 g/mol. The highest BCUT2D eigenvalue weighted by Crippen LogP contribution is 2.18. The van der Waals surface area contributed by atoms with Crippen molar-refractivity contribution < 1.29 is 9.53 Å². The van der Waals surface area contributed by atoms with Gasteiger partial charge in [-0.05, 0) is 25.7 Å². The summed E-state index contributed by atoms with van der Waals surface area (Å²) < 4.78 is 4.76. The number of esters is 1. The molecule has 84 valence electrons. The van der Waals surface area contributed by atoms with E-state index in [2.05, 4.69) is 0 Å². The summed E-state index contributed by atoms with van der Waals surface area (Å²) in [6, 6.07) is 1.82. The Labute approximate surface area is 90.7 Å². The third-order valence-electron chi connectivity index (χ3n) is 2.31. The molecule has 0 aromatic rings. The van der Waals surface area contributed by atoms with E-state index in [-0.39, 0.29) is 18.1 Å². The minimum atomic E-state index is -0.621. The Morgan fingerprint density at radius 2 is 1.93 bits per heavy atom. The fraction of sp³-hybridized carbons (Fsp3) is 0.636. The van der Waals surface area contributed by atoms with E-state index in [1.807, 2.05) is 19.9 Å². The van der Waals surface area contributed by atoms with Gasteiger partial charge in [0, 0.05) is 5.70 Å². The quantitative estimate of drug-likeness (QED) is 0.426. The molecule has 0 aliphatic carbocycles. The van der Waals surface area contributed by atoms with Crippen molar-refractivity contribution in [1.82, 2.24) is 0 Å². The predicted molar refractivity (Wildman–Crippen MR) is 57.5 cm³/mol. The van der Waals surface area contributed by atoms with E-state index in [0.29, 0.717) is 5.70 Å². The molecular formula is C11H18N2O2. The van der Waals surface area contributed by atoms with Gasteiger partial charge in [0.2, 0.25) is 0 Å². The highest BCUT2D eigenvalue weighted by Gasteiger charge is 2.19. The summed E-state index contributed by atoms with van der Waals surface area (Å²) in [5.41, 5.74) is 6.08. The molecule has 4 heteroatoms. The monoisotopic (exact) mass is 210 g/mol. The van der Waals surface area contributed by atoms with Gasteiger partial charge in [0.05, 0.1) is 6.61 Å². The van der Waals surface area contributed by atoms with E-state index >= 15 is 0 Å². The standard InChI is InChI=1S/C11H18N2O2/c1-4-8(5-2)10(13)9(7-12)11(14)15-6-3/h8H,4-6,13H2,1-3H3/b10-9-. The maximum Gasteiger partial charge on any atom is 0.350 e. The molecule has 0 aliphatic rings. The van der Waals surface area contributed by atoms with Gasteiger partial charge in [-0.25, -0.2) is 4.79 Å². The van der Waals surface area contributed by atoms with Gasteiger partial charge in [0.15, 0.2) is 5.57 Å². The zero-order chi connectivity index (χ0) is 11.8. The summed E-state index contributed by atoms with van der Waals surface area (Å²) in [7, 11) is 0. The van der Waals surface area contributed by atoms with Crippen molar-refractivity contribution >= 4 is 5.97 Å². The predicted octanol–water partition coefficient (Wildman–Crippen LogP) is 1.72. The molecule has 0 amide bonds. The largest absolute Gasteiger partial charge is 0.462 e. The number of nitriles is 1. The summed E-state index contributed by atoms with van der Waals surface area (Å²) in [6.45, 7) is 5.89. The second-order valence-corrected chi connectivity index (χ2v) is 3.18. The normalized spacial score (nSPS) is 11.9. The van der Waals surface area contributed by atoms with Crippen molar-refractivity contribution in [1.29, 1.82) is 5.26 Å². The Balaban J connectivity index is 4.97. The third kappa shape index (κ3) is 3.62. The number of allylic oxidation sites excluding steroid dienone is 1. The molecule has 0 spiro atoms. The summed E-state index contributed by atoms with van der Waals surface area (Å²) in [6.07, 6.45) is 1.62. The fourth-order valence-corrected chi connectivity index (χ4v) is 1.36. The van der Waals surface area contributed by atoms with Crippen molar-refractivity contribution in [2.24, 2.45) is 11.7 Å². The first-order valence-electron chi connectivity index (χ1n) is 5.19. The van der Waals surface area contributed by atoms with Gasteiger partial charge < -0.3 is 10.5 Å². The molecule has 0 saturated carbocycles. The number of carbonyl (C=O) groups excluding carboxylic acids is 1. The van der Waals surface area contributed by atoms with E-state index in [1.54, 1.807) is 6.92 Å². The SMILES string of the molecule is CCOC(=O)/C(C#N)=C(\N)C(CC)CC. The Hall–Kier alpha value is -1.50. The molecule has 0 saturated heterocycles. The zero-order valence-corrected chi connectivity index (χ0v) is 9.54. The summed E-state index contributed by atoms with van der Waals surface area (Å²) in [5, 5.41) is 8.84. The number of hydrogen-bond donors (Lipinski definition) is 1. The maximum absolute atomic E-state index is 11.4. The van der Waals surface area contributed by atoms with E-state index in [1.165, 1.54) is 0 Å². The first-order valence-corrected chi connectivity index (χ1v) is 5.19. The Morgan fingerprint density at radius 1 is 1.40 bits per heavy atom. The molecule has 0 atom stereocenters. The van der Waals surface area contributed by atoms with Crippen LogP contribution in [-0.4, -0.2) is 12.6 Å². The second kappa shape index (κ2) is 6.88. The van der Waals surface area contributed by atoms with E-state index in [0.717, 1.165) is 12.8 Å². The first kappa shape index (κ1) is 13.5. The van der Waals surface area contributed by atoms with Crippen LogP contribution in [0, 0.1) is 17.2 Å². The van der Waals surface area contributed by atoms with Gasteiger partial charge in [-0.15, -0.1) is 0 Å². The smallest absolute Gasteiger partial charge is 0.350 e. The lowest BCUT2D eigenvalue weighted by Gasteiger charge is -2.14. The molecule has 0 aliphatic heterocycles. The van der Waals surface area contributed by atoms with Crippen LogP contribution in [0.4, 0.5) is 0 Å². The van der Waals surface area contributed by atoms with Gasteiger partial charge in [0.25, 0.3) is 0 Å². The van der Waals surface area contributed by atoms with Gasteiger partial charge in [0.1, 0.15) is 6.07 Å². The van der Waals surface area contributed by atoms with Gasteiger partial charge in [-0.1, -0.05) is 13.8 Å². The van der Waals surface area contributed by atoms with Gasteiger partial charge in [-0.3, -0.25) is 0 Å². The minimum absolute atomic E-state index is 0.0504. The van der Waals surface area contributed by atoms with E-state index in [9.17, 15) is 4.79 Å². The number of carbonyl (C=O) groups is 1. The van der Waals surface area contributed by atoms with Crippen molar-refractivity contribution in [3.05, 3.63) is 11.3 Å². The molecule has 0 aromatic heterocycles. The molecule has 0 aromatic carbocycles. The lowest BCUT2D eigenvalue weighted by atomic mass is 9.96.